The highest BCUT2D eigenvalue weighted by Gasteiger charge is 2.21. The van der Waals surface area contributed by atoms with E-state index in [-0.39, 0.29) is 5.75 Å². The topological polar surface area (TPSA) is 49.4 Å². The fraction of sp³-hybridized carbons (Fsp3) is 0.571. The van der Waals surface area contributed by atoms with Crippen molar-refractivity contribution in [3.63, 3.8) is 0 Å². The predicted molar refractivity (Wildman–Crippen MR) is 79.7 cm³/mol. The van der Waals surface area contributed by atoms with Gasteiger partial charge >= 0.3 is 0 Å². The summed E-state index contributed by atoms with van der Waals surface area (Å²) in [5.41, 5.74) is 1.58. The molecule has 0 bridgehead atoms. The second-order valence-corrected chi connectivity index (χ2v) is 7.00. The predicted octanol–water partition coefficient (Wildman–Crippen LogP) is 2.21. The van der Waals surface area contributed by atoms with Crippen LogP contribution < -0.4 is 5.32 Å². The van der Waals surface area contributed by atoms with Crippen LogP contribution in [-0.2, 0) is 22.3 Å². The summed E-state index contributed by atoms with van der Waals surface area (Å²) in [5.74, 6) is -0.266. The first-order valence-corrected chi connectivity index (χ1v) is 8.46. The second-order valence-electron chi connectivity index (χ2n) is 4.92. The third kappa shape index (κ3) is 6.50. The summed E-state index contributed by atoms with van der Waals surface area (Å²) in [5, 5.41) is 3.23. The van der Waals surface area contributed by atoms with Crippen LogP contribution in [0.25, 0.3) is 0 Å². The maximum atomic E-state index is 12.3. The molecule has 0 fully saturated rings. The monoisotopic (exact) mass is 320 g/mol. The molecule has 0 aliphatic carbocycles. The fourth-order valence-electron chi connectivity index (χ4n) is 1.87. The highest BCUT2D eigenvalue weighted by Crippen LogP contribution is 2.13. The van der Waals surface area contributed by atoms with E-state index in [9.17, 15) is 17.2 Å². The number of hydrogen-bond donors (Lipinski definition) is 1. The number of sulfonamides is 1. The molecule has 0 saturated carbocycles. The molecule has 0 aromatic heterocycles. The van der Waals surface area contributed by atoms with Gasteiger partial charge in [-0.3, -0.25) is 0 Å². The summed E-state index contributed by atoms with van der Waals surface area (Å²) in [7, 11) is -2.54. The standard InChI is InChI=1S/C14H22F2N2O2S/c1-3-7-17-9-12-5-4-6-13(8-12)11-21(19,20)18(2)10-14(15)16/h4-6,8,14,17H,3,7,9-11H2,1-2H3. The van der Waals surface area contributed by atoms with Crippen molar-refractivity contribution in [2.45, 2.75) is 32.1 Å². The Kier molecular flexibility index (Phi) is 7.21. The lowest BCUT2D eigenvalue weighted by molar-refractivity contribution is 0.126. The zero-order valence-electron chi connectivity index (χ0n) is 12.4. The molecule has 0 spiro atoms. The Morgan fingerprint density at radius 1 is 1.29 bits per heavy atom. The van der Waals surface area contributed by atoms with E-state index in [1.165, 1.54) is 7.05 Å². The molecular formula is C14H22F2N2O2S. The number of nitrogens with zero attached hydrogens (tertiary/aromatic N) is 1. The molecule has 4 nitrogen and oxygen atoms in total. The lowest BCUT2D eigenvalue weighted by Crippen LogP contribution is -2.32. The molecule has 120 valence electrons. The summed E-state index contributed by atoms with van der Waals surface area (Å²) in [6.45, 7) is 2.84. The molecule has 21 heavy (non-hydrogen) atoms. The van der Waals surface area contributed by atoms with Crippen LogP contribution in [0, 0.1) is 0 Å². The third-order valence-corrected chi connectivity index (χ3v) is 4.76. The Balaban J connectivity index is 2.71. The van der Waals surface area contributed by atoms with E-state index in [2.05, 4.69) is 12.2 Å². The van der Waals surface area contributed by atoms with E-state index >= 15 is 0 Å². The van der Waals surface area contributed by atoms with Crippen molar-refractivity contribution in [1.82, 2.24) is 9.62 Å². The molecule has 0 saturated heterocycles. The molecule has 1 aromatic carbocycles. The van der Waals surface area contributed by atoms with Crippen molar-refractivity contribution in [3.05, 3.63) is 35.4 Å². The average Bonchev–Trinajstić information content (AvgIpc) is 2.38. The Hall–Kier alpha value is -1.05. The third-order valence-electron chi connectivity index (χ3n) is 2.97. The van der Waals surface area contributed by atoms with E-state index < -0.39 is 23.0 Å². The van der Waals surface area contributed by atoms with Crippen LogP contribution in [0.4, 0.5) is 8.78 Å². The summed E-state index contributed by atoms with van der Waals surface area (Å²) in [6.07, 6.45) is -1.65. The SMILES string of the molecule is CCCNCc1cccc(CS(=O)(=O)N(C)CC(F)F)c1. The van der Waals surface area contributed by atoms with Gasteiger partial charge in [-0.2, -0.15) is 4.31 Å². The molecule has 0 aliphatic heterocycles. The van der Waals surface area contributed by atoms with Gasteiger partial charge in [0.2, 0.25) is 10.0 Å². The highest BCUT2D eigenvalue weighted by atomic mass is 32.2. The van der Waals surface area contributed by atoms with Crippen molar-refractivity contribution in [2.75, 3.05) is 20.1 Å². The summed E-state index contributed by atoms with van der Waals surface area (Å²) in [4.78, 5) is 0. The fourth-order valence-corrected chi connectivity index (χ4v) is 3.03. The van der Waals surface area contributed by atoms with E-state index in [0.717, 1.165) is 18.5 Å². The van der Waals surface area contributed by atoms with Crippen LogP contribution in [0.2, 0.25) is 0 Å². The van der Waals surface area contributed by atoms with Gasteiger partial charge in [0, 0.05) is 13.6 Å². The van der Waals surface area contributed by atoms with Crippen LogP contribution in [0.15, 0.2) is 24.3 Å². The van der Waals surface area contributed by atoms with Gasteiger partial charge in [0.15, 0.2) is 0 Å². The normalized spacial score (nSPS) is 12.3. The minimum Gasteiger partial charge on any atom is -0.313 e. The number of halogens is 2. The van der Waals surface area contributed by atoms with Crippen molar-refractivity contribution in [2.24, 2.45) is 0 Å². The molecule has 0 aliphatic rings. The Labute approximate surface area is 125 Å². The highest BCUT2D eigenvalue weighted by molar-refractivity contribution is 7.88. The largest absolute Gasteiger partial charge is 0.313 e. The Morgan fingerprint density at radius 2 is 1.95 bits per heavy atom. The van der Waals surface area contributed by atoms with Gasteiger partial charge < -0.3 is 5.32 Å². The van der Waals surface area contributed by atoms with Gasteiger partial charge in [-0.05, 0) is 24.1 Å². The maximum Gasteiger partial charge on any atom is 0.252 e. The molecule has 0 atom stereocenters. The van der Waals surface area contributed by atoms with Crippen LogP contribution in [0.1, 0.15) is 24.5 Å². The first-order chi connectivity index (χ1) is 9.85. The molecule has 0 unspecified atom stereocenters. The lowest BCUT2D eigenvalue weighted by Gasteiger charge is -2.16. The first kappa shape index (κ1) is 18.0. The smallest absolute Gasteiger partial charge is 0.252 e. The van der Waals surface area contributed by atoms with Crippen LogP contribution in [0.5, 0.6) is 0 Å². The van der Waals surface area contributed by atoms with Gasteiger partial charge in [0.05, 0.1) is 12.3 Å². The Morgan fingerprint density at radius 3 is 2.57 bits per heavy atom. The van der Waals surface area contributed by atoms with Crippen LogP contribution >= 0.6 is 0 Å². The van der Waals surface area contributed by atoms with E-state index in [1.54, 1.807) is 18.2 Å². The molecule has 1 aromatic rings. The molecule has 0 amide bonds. The van der Waals surface area contributed by atoms with Crippen molar-refractivity contribution in [3.8, 4) is 0 Å². The number of hydrogen-bond acceptors (Lipinski definition) is 3. The number of benzene rings is 1. The van der Waals surface area contributed by atoms with Crippen molar-refractivity contribution < 1.29 is 17.2 Å². The number of rotatable bonds is 9. The molecular weight excluding hydrogens is 298 g/mol. The van der Waals surface area contributed by atoms with Crippen molar-refractivity contribution in [1.29, 1.82) is 0 Å². The van der Waals surface area contributed by atoms with E-state index in [1.807, 2.05) is 6.07 Å². The lowest BCUT2D eigenvalue weighted by atomic mass is 10.1. The summed E-state index contributed by atoms with van der Waals surface area (Å²) >= 11 is 0. The zero-order valence-corrected chi connectivity index (χ0v) is 13.2. The first-order valence-electron chi connectivity index (χ1n) is 6.86. The van der Waals surface area contributed by atoms with E-state index in [0.29, 0.717) is 16.4 Å². The minimum absolute atomic E-state index is 0.266. The number of alkyl halides is 2. The summed E-state index contributed by atoms with van der Waals surface area (Å²) in [6, 6.07) is 7.16. The van der Waals surface area contributed by atoms with Gasteiger partial charge in [-0.1, -0.05) is 31.2 Å². The van der Waals surface area contributed by atoms with E-state index in [4.69, 9.17) is 0 Å². The van der Waals surface area contributed by atoms with Gasteiger partial charge in [-0.15, -0.1) is 0 Å². The number of nitrogens with one attached hydrogen (secondary N) is 1. The van der Waals surface area contributed by atoms with Gasteiger partial charge in [-0.25, -0.2) is 17.2 Å². The average molecular weight is 320 g/mol. The van der Waals surface area contributed by atoms with Crippen LogP contribution in [-0.4, -0.2) is 39.3 Å². The van der Waals surface area contributed by atoms with Crippen LogP contribution in [0.3, 0.4) is 0 Å². The molecule has 1 rings (SSSR count). The van der Waals surface area contributed by atoms with Gasteiger partial charge in [0.1, 0.15) is 0 Å². The maximum absolute atomic E-state index is 12.3. The molecule has 0 heterocycles. The zero-order chi connectivity index (χ0) is 15.9. The quantitative estimate of drug-likeness (QED) is 0.710. The summed E-state index contributed by atoms with van der Waals surface area (Å²) < 4.78 is 49.2. The molecule has 0 radical (unpaired) electrons. The van der Waals surface area contributed by atoms with Crippen molar-refractivity contribution >= 4 is 10.0 Å². The minimum atomic E-state index is -3.72. The second kappa shape index (κ2) is 8.41. The van der Waals surface area contributed by atoms with Gasteiger partial charge in [0.25, 0.3) is 6.43 Å². The molecule has 7 heteroatoms. The Bertz CT molecular complexity index is 536. The molecule has 1 N–H and O–H groups in total.